The van der Waals surface area contributed by atoms with Gasteiger partial charge in [-0.15, -0.1) is 0 Å². The molecule has 2 nitrogen and oxygen atoms in total. The summed E-state index contributed by atoms with van der Waals surface area (Å²) in [5, 5.41) is 0. The molecule has 3 heteroatoms. The molecule has 2 aliphatic rings. The van der Waals surface area contributed by atoms with Gasteiger partial charge in [0.15, 0.2) is 0 Å². The van der Waals surface area contributed by atoms with Crippen molar-refractivity contribution in [3.8, 4) is 14.9 Å². The summed E-state index contributed by atoms with van der Waals surface area (Å²) in [6, 6.07) is 7.37. The van der Waals surface area contributed by atoms with E-state index in [0.29, 0.717) is 5.75 Å². The minimum absolute atomic E-state index is 0.0730. The second kappa shape index (κ2) is 3.53. The maximum atomic E-state index is 11.5. The number of rotatable bonds is 1. The molecule has 1 aliphatic heterocycles. The van der Waals surface area contributed by atoms with Crippen LogP contribution in [0.5, 0.6) is 5.75 Å². The van der Waals surface area contributed by atoms with Crippen LogP contribution < -0.4 is 10.2 Å². The summed E-state index contributed by atoms with van der Waals surface area (Å²) in [6.07, 6.45) is 0. The van der Waals surface area contributed by atoms with Crippen molar-refractivity contribution in [2.75, 3.05) is 7.11 Å². The number of hydrogen-bond donors (Lipinski definition) is 0. The van der Waals surface area contributed by atoms with E-state index in [-0.39, 0.29) is 25.9 Å². The first-order valence-corrected chi connectivity index (χ1v) is 6.38. The fourth-order valence-corrected chi connectivity index (χ4v) is 3.44. The number of hydrogen-bond acceptors (Lipinski definition) is 2. The van der Waals surface area contributed by atoms with Gasteiger partial charge < -0.3 is 0 Å². The van der Waals surface area contributed by atoms with Gasteiger partial charge in [0.05, 0.1) is 0 Å². The molecule has 66 valence electrons. The van der Waals surface area contributed by atoms with E-state index in [1.54, 1.807) is 13.2 Å². The van der Waals surface area contributed by atoms with Crippen molar-refractivity contribution in [3.05, 3.63) is 38.6 Å². The van der Waals surface area contributed by atoms with E-state index in [4.69, 9.17) is 4.74 Å². The SMILES string of the molecule is COc1cc2[te]cccc-2c(=O)c1. The van der Waals surface area contributed by atoms with Crippen LogP contribution in [0, 0.1) is 0 Å². The van der Waals surface area contributed by atoms with Crippen LogP contribution >= 0.6 is 0 Å². The van der Waals surface area contributed by atoms with Gasteiger partial charge in [0.25, 0.3) is 0 Å². The van der Waals surface area contributed by atoms with Gasteiger partial charge in [-0.05, 0) is 0 Å². The van der Waals surface area contributed by atoms with Gasteiger partial charge in [-0.1, -0.05) is 0 Å². The number of fused-ring (bicyclic) bond motifs is 1. The molecular weight excluding hydrogens is 280 g/mol. The average molecular weight is 288 g/mol. The Balaban J connectivity index is 2.77. The van der Waals surface area contributed by atoms with E-state index in [2.05, 4.69) is 4.08 Å². The fourth-order valence-electron chi connectivity index (χ4n) is 1.20. The zero-order chi connectivity index (χ0) is 9.26. The quantitative estimate of drug-likeness (QED) is 0.737. The van der Waals surface area contributed by atoms with Crippen molar-refractivity contribution in [1.82, 2.24) is 0 Å². The van der Waals surface area contributed by atoms with Crippen LogP contribution in [-0.2, 0) is 0 Å². The van der Waals surface area contributed by atoms with Crippen molar-refractivity contribution in [1.29, 1.82) is 0 Å². The Morgan fingerprint density at radius 3 is 3.00 bits per heavy atom. The summed E-state index contributed by atoms with van der Waals surface area (Å²) in [5.74, 6) is 0.678. The average Bonchev–Trinajstić information content (AvgIpc) is 2.18. The molecule has 0 aromatic rings. The van der Waals surface area contributed by atoms with Crippen LogP contribution in [0.25, 0.3) is 9.14 Å². The van der Waals surface area contributed by atoms with Crippen LogP contribution in [0.2, 0.25) is 0 Å². The van der Waals surface area contributed by atoms with Crippen LogP contribution in [0.15, 0.2) is 33.1 Å². The van der Waals surface area contributed by atoms with Crippen LogP contribution in [-0.4, -0.2) is 27.5 Å². The van der Waals surface area contributed by atoms with Gasteiger partial charge in [-0.2, -0.15) is 0 Å². The minimum atomic E-state index is -0.310. The molecule has 0 amide bonds. The molecule has 0 unspecified atom stereocenters. The van der Waals surface area contributed by atoms with E-state index in [1.165, 1.54) is 3.58 Å². The number of methoxy groups -OCH3 is 1. The summed E-state index contributed by atoms with van der Waals surface area (Å²) in [6.45, 7) is 0. The van der Waals surface area contributed by atoms with Gasteiger partial charge >= 0.3 is 85.7 Å². The van der Waals surface area contributed by atoms with Gasteiger partial charge in [-0.3, -0.25) is 0 Å². The predicted molar refractivity (Wildman–Crippen MR) is 52.8 cm³/mol. The molecule has 0 atom stereocenters. The topological polar surface area (TPSA) is 26.3 Å². The van der Waals surface area contributed by atoms with E-state index < -0.39 is 0 Å². The molecule has 0 bridgehead atoms. The third kappa shape index (κ3) is 1.63. The first-order chi connectivity index (χ1) is 6.31. The van der Waals surface area contributed by atoms with Crippen molar-refractivity contribution in [2.45, 2.75) is 0 Å². The molecule has 0 N–H and O–H groups in total. The van der Waals surface area contributed by atoms with Crippen molar-refractivity contribution in [2.24, 2.45) is 0 Å². The van der Waals surface area contributed by atoms with Crippen molar-refractivity contribution in [3.63, 3.8) is 0 Å². The zero-order valence-corrected chi connectivity index (χ0v) is 9.44. The number of benzene rings is 1. The third-order valence-corrected chi connectivity index (χ3v) is 4.38. The van der Waals surface area contributed by atoms with E-state index in [1.807, 2.05) is 18.2 Å². The molecular formula is C10H8O2Te. The van der Waals surface area contributed by atoms with Gasteiger partial charge in [-0.25, -0.2) is 0 Å². The summed E-state index contributed by atoms with van der Waals surface area (Å²) in [4.78, 5) is 11.5. The Bertz CT molecular complexity index is 447. The molecule has 2 rings (SSSR count). The molecule has 1 heterocycles. The molecule has 0 saturated heterocycles. The Morgan fingerprint density at radius 2 is 2.23 bits per heavy atom. The standard InChI is InChI=1S/C10H8O2Te/c1-12-7-5-9(11)8-3-2-4-13-10(8)6-7/h2-6H,1H3. The summed E-state index contributed by atoms with van der Waals surface area (Å²) >= 11 is -0.310. The van der Waals surface area contributed by atoms with Crippen molar-refractivity contribution >= 4 is 20.4 Å². The second-order valence-corrected chi connectivity index (χ2v) is 5.36. The summed E-state index contributed by atoms with van der Waals surface area (Å²) < 4.78 is 8.38. The van der Waals surface area contributed by atoms with Gasteiger partial charge in [0.2, 0.25) is 0 Å². The molecule has 0 saturated carbocycles. The van der Waals surface area contributed by atoms with Crippen LogP contribution in [0.4, 0.5) is 0 Å². The summed E-state index contributed by atoms with van der Waals surface area (Å²) in [5.41, 5.74) is 0.925. The number of ether oxygens (including phenoxy) is 1. The Morgan fingerprint density at radius 1 is 1.38 bits per heavy atom. The molecule has 13 heavy (non-hydrogen) atoms. The second-order valence-electron chi connectivity index (χ2n) is 2.65. The van der Waals surface area contributed by atoms with Crippen molar-refractivity contribution < 1.29 is 4.74 Å². The Hall–Kier alpha value is -0.780. The summed E-state index contributed by atoms with van der Waals surface area (Å²) in [7, 11) is 1.59. The molecule has 0 aromatic heterocycles. The first kappa shape index (κ1) is 8.80. The van der Waals surface area contributed by atoms with E-state index in [0.717, 1.165) is 5.56 Å². The molecule has 0 spiro atoms. The Labute approximate surface area is 85.7 Å². The van der Waals surface area contributed by atoms with Gasteiger partial charge in [0, 0.05) is 0 Å². The third-order valence-electron chi connectivity index (χ3n) is 1.85. The monoisotopic (exact) mass is 290 g/mol. The van der Waals surface area contributed by atoms with E-state index >= 15 is 0 Å². The molecule has 0 aromatic carbocycles. The Kier molecular flexibility index (Phi) is 2.39. The van der Waals surface area contributed by atoms with E-state index in [9.17, 15) is 4.79 Å². The zero-order valence-electron chi connectivity index (χ0n) is 7.11. The van der Waals surface area contributed by atoms with Gasteiger partial charge in [0.1, 0.15) is 0 Å². The molecule has 0 radical (unpaired) electrons. The van der Waals surface area contributed by atoms with Crippen LogP contribution in [0.1, 0.15) is 0 Å². The normalized spacial score (nSPS) is 10.2. The molecule has 1 aliphatic carbocycles. The fraction of sp³-hybridized carbons (Fsp3) is 0.100. The maximum absolute atomic E-state index is 11.5. The predicted octanol–water partition coefficient (Wildman–Crippen LogP) is 1.22. The molecule has 0 fully saturated rings. The van der Waals surface area contributed by atoms with Crippen LogP contribution in [0.3, 0.4) is 0 Å². The first-order valence-electron chi connectivity index (χ1n) is 3.87.